The molecule has 4 rings (SSSR count). The molecule has 0 radical (unpaired) electrons. The van der Waals surface area contributed by atoms with Crippen LogP contribution in [0.15, 0.2) is 96.1 Å². The van der Waals surface area contributed by atoms with Crippen molar-refractivity contribution in [2.24, 2.45) is 5.10 Å². The number of nitro benzene ring substituents is 1. The highest BCUT2D eigenvalue weighted by atomic mass is 16.6. The van der Waals surface area contributed by atoms with Gasteiger partial charge in [-0.05, 0) is 47.4 Å². The fourth-order valence-corrected chi connectivity index (χ4v) is 4.34. The van der Waals surface area contributed by atoms with Gasteiger partial charge in [0.05, 0.1) is 22.5 Å². The van der Waals surface area contributed by atoms with Crippen molar-refractivity contribution < 1.29 is 19.6 Å². The van der Waals surface area contributed by atoms with E-state index < -0.39 is 16.7 Å². The molecule has 0 heterocycles. The highest BCUT2D eigenvalue weighted by molar-refractivity contribution is 6.02. The Bertz CT molecular complexity index is 1650. The van der Waals surface area contributed by atoms with Gasteiger partial charge in [-0.2, -0.15) is 10.4 Å². The smallest absolute Gasteiger partial charge is 0.275 e. The van der Waals surface area contributed by atoms with Crippen molar-refractivity contribution >= 4 is 39.7 Å². The van der Waals surface area contributed by atoms with Crippen molar-refractivity contribution in [3.8, 4) is 11.8 Å². The molecule has 0 saturated heterocycles. The Kier molecular flexibility index (Phi) is 9.36. The number of hydrogen-bond donors (Lipinski definition) is 3. The molecular weight excluding hydrogens is 522 g/mol. The molecule has 0 saturated carbocycles. The number of carbonyl (C=O) groups excluding carboxylic acids is 2. The summed E-state index contributed by atoms with van der Waals surface area (Å²) in [4.78, 5) is 35.9. The monoisotopic (exact) mass is 549 g/mol. The van der Waals surface area contributed by atoms with E-state index in [0.717, 1.165) is 16.3 Å². The summed E-state index contributed by atoms with van der Waals surface area (Å²) in [7, 11) is 0. The number of phenols is 1. The maximum atomic E-state index is 12.9. The van der Waals surface area contributed by atoms with Crippen molar-refractivity contribution in [1.82, 2.24) is 5.43 Å². The van der Waals surface area contributed by atoms with E-state index in [2.05, 4.69) is 21.9 Å². The second-order valence-corrected chi connectivity index (χ2v) is 9.34. The van der Waals surface area contributed by atoms with Crippen LogP contribution in [0.5, 0.6) is 5.75 Å². The highest BCUT2D eigenvalue weighted by Crippen LogP contribution is 2.25. The molecule has 4 aromatic carbocycles. The Balaban J connectivity index is 1.46. The van der Waals surface area contributed by atoms with Gasteiger partial charge in [-0.3, -0.25) is 19.7 Å². The van der Waals surface area contributed by atoms with Crippen LogP contribution in [0.1, 0.15) is 47.5 Å². The number of rotatable bonds is 11. The Morgan fingerprint density at radius 3 is 2.37 bits per heavy atom. The number of nitrogens with one attached hydrogen (secondary N) is 2. The van der Waals surface area contributed by atoms with Crippen molar-refractivity contribution in [1.29, 1.82) is 5.26 Å². The molecule has 206 valence electrons. The van der Waals surface area contributed by atoms with Crippen LogP contribution in [0.4, 0.5) is 11.4 Å². The summed E-state index contributed by atoms with van der Waals surface area (Å²) in [5.41, 5.74) is 4.03. The van der Waals surface area contributed by atoms with Crippen LogP contribution in [0.2, 0.25) is 0 Å². The average molecular weight is 550 g/mol. The summed E-state index contributed by atoms with van der Waals surface area (Å²) in [5, 5.41) is 39.7. The number of fused-ring (bicyclic) bond motifs is 1. The minimum Gasteiger partial charge on any atom is -0.507 e. The van der Waals surface area contributed by atoms with E-state index >= 15 is 0 Å². The van der Waals surface area contributed by atoms with Crippen LogP contribution >= 0.6 is 0 Å². The number of amides is 2. The molecule has 10 nitrogen and oxygen atoms in total. The molecule has 1 unspecified atom stereocenters. The zero-order valence-corrected chi connectivity index (χ0v) is 22.0. The molecule has 0 aliphatic carbocycles. The van der Waals surface area contributed by atoms with E-state index in [1.165, 1.54) is 24.3 Å². The quantitative estimate of drug-likeness (QED) is 0.117. The lowest BCUT2D eigenvalue weighted by atomic mass is 9.93. The third-order valence-corrected chi connectivity index (χ3v) is 6.43. The lowest BCUT2D eigenvalue weighted by Crippen LogP contribution is -2.21. The van der Waals surface area contributed by atoms with Gasteiger partial charge in [0.25, 0.3) is 11.6 Å². The standard InChI is InChI=1S/C31H27N5O5/c32-20-24(21-8-2-1-3-9-21)16-26(13-7-15-30(38)33-25-12-6-14-27(19-25)36(40)41)34-35-31(39)28-17-22-10-4-5-11-23(22)18-29(28)37/h1-6,8-12,14,17-19,24,37H,7,13,15-16H2,(H,33,38)(H,35,39). The number of anilines is 1. The maximum Gasteiger partial charge on any atom is 0.275 e. The maximum absolute atomic E-state index is 12.9. The number of phenolic OH excluding ortho intramolecular Hbond substituents is 1. The first-order valence-corrected chi connectivity index (χ1v) is 12.9. The van der Waals surface area contributed by atoms with E-state index in [4.69, 9.17) is 0 Å². The Morgan fingerprint density at radius 1 is 0.951 bits per heavy atom. The predicted octanol–water partition coefficient (Wildman–Crippen LogP) is 6.05. The van der Waals surface area contributed by atoms with E-state index in [0.29, 0.717) is 24.2 Å². The van der Waals surface area contributed by atoms with E-state index in [9.17, 15) is 30.1 Å². The minimum atomic E-state index is -0.609. The average Bonchev–Trinajstić information content (AvgIpc) is 2.98. The van der Waals surface area contributed by atoms with Crippen molar-refractivity contribution in [2.45, 2.75) is 31.6 Å². The predicted molar refractivity (Wildman–Crippen MR) is 156 cm³/mol. The van der Waals surface area contributed by atoms with Gasteiger partial charge in [-0.25, -0.2) is 5.43 Å². The van der Waals surface area contributed by atoms with Crippen molar-refractivity contribution in [3.63, 3.8) is 0 Å². The number of hydrogen-bond acceptors (Lipinski definition) is 7. The van der Waals surface area contributed by atoms with Crippen LogP contribution < -0.4 is 10.7 Å². The van der Waals surface area contributed by atoms with E-state index in [-0.39, 0.29) is 35.7 Å². The number of hydrazone groups is 1. The van der Waals surface area contributed by atoms with Gasteiger partial charge >= 0.3 is 0 Å². The van der Waals surface area contributed by atoms with Crippen LogP contribution in [-0.2, 0) is 4.79 Å². The fourth-order valence-electron chi connectivity index (χ4n) is 4.34. The van der Waals surface area contributed by atoms with Crippen molar-refractivity contribution in [2.75, 3.05) is 5.32 Å². The fraction of sp³-hybridized carbons (Fsp3) is 0.161. The van der Waals surface area contributed by atoms with Gasteiger partial charge in [-0.1, -0.05) is 60.7 Å². The largest absolute Gasteiger partial charge is 0.507 e. The van der Waals surface area contributed by atoms with Crippen LogP contribution in [0, 0.1) is 21.4 Å². The second-order valence-electron chi connectivity index (χ2n) is 9.34. The van der Waals surface area contributed by atoms with E-state index in [1.807, 2.05) is 54.6 Å². The number of nitro groups is 1. The first kappa shape index (κ1) is 28.4. The van der Waals surface area contributed by atoms with Crippen LogP contribution in [0.25, 0.3) is 10.8 Å². The Hall–Kier alpha value is -5.56. The number of non-ortho nitro benzene ring substituents is 1. The Morgan fingerprint density at radius 2 is 1.66 bits per heavy atom. The summed E-state index contributed by atoms with van der Waals surface area (Å²) in [5.74, 6) is -1.66. The lowest BCUT2D eigenvalue weighted by Gasteiger charge is -2.13. The second kappa shape index (κ2) is 13.5. The molecule has 0 aliphatic rings. The third-order valence-electron chi connectivity index (χ3n) is 6.43. The number of carbonyl (C=O) groups is 2. The zero-order valence-electron chi connectivity index (χ0n) is 22.0. The molecule has 1 atom stereocenters. The van der Waals surface area contributed by atoms with Crippen LogP contribution in [-0.4, -0.2) is 27.6 Å². The molecule has 10 heteroatoms. The molecule has 41 heavy (non-hydrogen) atoms. The Labute approximate surface area is 236 Å². The van der Waals surface area contributed by atoms with Gasteiger partial charge in [0, 0.05) is 36.4 Å². The molecule has 2 amide bonds. The lowest BCUT2D eigenvalue weighted by molar-refractivity contribution is -0.384. The summed E-state index contributed by atoms with van der Waals surface area (Å²) in [6.45, 7) is 0. The van der Waals surface area contributed by atoms with Crippen LogP contribution in [0.3, 0.4) is 0 Å². The topological polar surface area (TPSA) is 158 Å². The van der Waals surface area contributed by atoms with Gasteiger partial charge in [0.2, 0.25) is 5.91 Å². The summed E-state index contributed by atoms with van der Waals surface area (Å²) < 4.78 is 0. The summed E-state index contributed by atoms with van der Waals surface area (Å²) in [6.07, 6.45) is 0.960. The highest BCUT2D eigenvalue weighted by Gasteiger charge is 2.17. The first-order chi connectivity index (χ1) is 19.8. The first-order valence-electron chi connectivity index (χ1n) is 12.9. The van der Waals surface area contributed by atoms with E-state index in [1.54, 1.807) is 12.1 Å². The molecule has 0 aromatic heterocycles. The number of nitrogens with zero attached hydrogens (tertiary/aromatic N) is 3. The number of benzene rings is 4. The minimum absolute atomic E-state index is 0.0584. The zero-order chi connectivity index (χ0) is 29.2. The third kappa shape index (κ3) is 7.74. The summed E-state index contributed by atoms with van der Waals surface area (Å²) in [6, 6.07) is 27.5. The van der Waals surface area contributed by atoms with Gasteiger partial charge in [0.15, 0.2) is 0 Å². The molecule has 0 aliphatic heterocycles. The molecule has 0 fully saturated rings. The summed E-state index contributed by atoms with van der Waals surface area (Å²) >= 11 is 0. The molecule has 0 bridgehead atoms. The van der Waals surface area contributed by atoms with Gasteiger partial charge in [0.1, 0.15) is 5.75 Å². The molecular formula is C31H27N5O5. The number of aromatic hydroxyl groups is 1. The molecule has 0 spiro atoms. The molecule has 4 aromatic rings. The SMILES string of the molecule is N#CC(CC(CCCC(=O)Nc1cccc([N+](=O)[O-])c1)=NNC(=O)c1cc2ccccc2cc1O)c1ccccc1. The van der Waals surface area contributed by atoms with Gasteiger partial charge in [-0.15, -0.1) is 0 Å². The normalized spacial score (nSPS) is 11.8. The van der Waals surface area contributed by atoms with Gasteiger partial charge < -0.3 is 10.4 Å². The van der Waals surface area contributed by atoms with Crippen molar-refractivity contribution in [3.05, 3.63) is 112 Å². The number of nitriles is 1. The molecule has 3 N–H and O–H groups in total.